The minimum atomic E-state index is -0.341. The van der Waals surface area contributed by atoms with E-state index in [0.29, 0.717) is 37.6 Å². The average Bonchev–Trinajstić information content (AvgIpc) is 2.67. The Kier molecular flexibility index (Phi) is 4.97. The lowest BCUT2D eigenvalue weighted by molar-refractivity contribution is 0.0739. The van der Waals surface area contributed by atoms with Crippen LogP contribution in [-0.2, 0) is 0 Å². The van der Waals surface area contributed by atoms with Crippen molar-refractivity contribution in [3.05, 3.63) is 42.0 Å². The fraction of sp³-hybridized carbons (Fsp3) is 0.353. The van der Waals surface area contributed by atoms with Crippen LogP contribution in [0.25, 0.3) is 0 Å². The van der Waals surface area contributed by atoms with E-state index in [1.807, 2.05) is 0 Å². The van der Waals surface area contributed by atoms with Crippen LogP contribution in [0.15, 0.2) is 30.5 Å². The van der Waals surface area contributed by atoms with Crippen LogP contribution in [0.2, 0.25) is 0 Å². The van der Waals surface area contributed by atoms with Crippen LogP contribution < -0.4 is 14.4 Å². The van der Waals surface area contributed by atoms with Gasteiger partial charge in [0.05, 0.1) is 19.9 Å². The van der Waals surface area contributed by atoms with Gasteiger partial charge in [-0.3, -0.25) is 4.79 Å². The highest BCUT2D eigenvalue weighted by atomic mass is 19.1. The highest BCUT2D eigenvalue weighted by Crippen LogP contribution is 2.29. The minimum absolute atomic E-state index is 0.161. The number of rotatable bonds is 4. The molecule has 25 heavy (non-hydrogen) atoms. The molecule has 132 valence electrons. The number of benzene rings is 1. The van der Waals surface area contributed by atoms with Crippen LogP contribution in [0.3, 0.4) is 0 Å². The van der Waals surface area contributed by atoms with E-state index in [-0.39, 0.29) is 17.7 Å². The van der Waals surface area contributed by atoms with Crippen LogP contribution >= 0.6 is 0 Å². The molecule has 1 fully saturated rings. The Morgan fingerprint density at radius 3 is 2.56 bits per heavy atom. The van der Waals surface area contributed by atoms with Gasteiger partial charge in [-0.25, -0.2) is 9.37 Å². The van der Waals surface area contributed by atoms with E-state index in [1.54, 1.807) is 17.0 Å². The molecule has 0 bridgehead atoms. The van der Waals surface area contributed by atoms with Crippen molar-refractivity contribution in [2.75, 3.05) is 45.3 Å². The van der Waals surface area contributed by atoms with E-state index in [0.717, 1.165) is 5.69 Å². The van der Waals surface area contributed by atoms with Crippen molar-refractivity contribution in [2.45, 2.75) is 0 Å². The van der Waals surface area contributed by atoms with Crippen molar-refractivity contribution >= 4 is 11.6 Å². The van der Waals surface area contributed by atoms with Gasteiger partial charge in [-0.05, 0) is 18.2 Å². The molecule has 2 heterocycles. The van der Waals surface area contributed by atoms with Crippen LogP contribution in [0.5, 0.6) is 11.8 Å². The third-order valence-corrected chi connectivity index (χ3v) is 4.08. The zero-order valence-electron chi connectivity index (χ0n) is 14.1. The summed E-state index contributed by atoms with van der Waals surface area (Å²) in [6.07, 6.45) is 1.50. The summed E-state index contributed by atoms with van der Waals surface area (Å²) < 4.78 is 23.6. The molecular formula is C17H19FN4O3. The maximum Gasteiger partial charge on any atom is 0.316 e. The Labute approximate surface area is 145 Å². The van der Waals surface area contributed by atoms with Gasteiger partial charge >= 0.3 is 6.01 Å². The molecule has 1 aromatic carbocycles. The number of carbonyl (C=O) groups excluding carboxylic acids is 1. The zero-order chi connectivity index (χ0) is 17.8. The van der Waals surface area contributed by atoms with E-state index in [1.165, 1.54) is 32.5 Å². The molecule has 7 nitrogen and oxygen atoms in total. The SMILES string of the molecule is COc1nccc(C(=O)N2CCN(c3ccc(F)cc3OC)CC2)n1. The first-order chi connectivity index (χ1) is 12.1. The van der Waals surface area contributed by atoms with Gasteiger partial charge in [0.2, 0.25) is 0 Å². The van der Waals surface area contributed by atoms with Crippen LogP contribution in [0, 0.1) is 5.82 Å². The summed E-state index contributed by atoms with van der Waals surface area (Å²) in [7, 11) is 2.97. The van der Waals surface area contributed by atoms with Gasteiger partial charge in [0.25, 0.3) is 5.91 Å². The summed E-state index contributed by atoms with van der Waals surface area (Å²) in [4.78, 5) is 24.4. The van der Waals surface area contributed by atoms with Crippen molar-refractivity contribution in [2.24, 2.45) is 0 Å². The Hall–Kier alpha value is -2.90. The molecule has 0 aliphatic carbocycles. The van der Waals surface area contributed by atoms with Crippen LogP contribution in [0.4, 0.5) is 10.1 Å². The second-order valence-electron chi connectivity index (χ2n) is 5.52. The Morgan fingerprint density at radius 1 is 1.12 bits per heavy atom. The fourth-order valence-electron chi connectivity index (χ4n) is 2.78. The molecule has 8 heteroatoms. The Bertz CT molecular complexity index is 763. The molecule has 0 atom stereocenters. The summed E-state index contributed by atoms with van der Waals surface area (Å²) in [5.74, 6) is -0.0149. The number of halogens is 1. The molecule has 1 saturated heterocycles. The molecule has 0 N–H and O–H groups in total. The van der Waals surface area contributed by atoms with Gasteiger partial charge in [-0.2, -0.15) is 4.98 Å². The Morgan fingerprint density at radius 2 is 1.88 bits per heavy atom. The second kappa shape index (κ2) is 7.33. The first-order valence-corrected chi connectivity index (χ1v) is 7.87. The summed E-state index contributed by atoms with van der Waals surface area (Å²) in [6, 6.07) is 6.20. The third-order valence-electron chi connectivity index (χ3n) is 4.08. The molecule has 1 aromatic heterocycles. The quantitative estimate of drug-likeness (QED) is 0.838. The number of aromatic nitrogens is 2. The number of methoxy groups -OCH3 is 2. The number of hydrogen-bond donors (Lipinski definition) is 0. The molecule has 1 aliphatic rings. The monoisotopic (exact) mass is 346 g/mol. The van der Waals surface area contributed by atoms with Crippen LogP contribution in [0.1, 0.15) is 10.5 Å². The lowest BCUT2D eigenvalue weighted by Gasteiger charge is -2.36. The fourth-order valence-corrected chi connectivity index (χ4v) is 2.78. The normalized spacial score (nSPS) is 14.4. The summed E-state index contributed by atoms with van der Waals surface area (Å²) in [6.45, 7) is 2.31. The number of nitrogens with zero attached hydrogens (tertiary/aromatic N) is 4. The van der Waals surface area contributed by atoms with E-state index in [4.69, 9.17) is 9.47 Å². The molecule has 1 amide bonds. The van der Waals surface area contributed by atoms with E-state index in [2.05, 4.69) is 14.9 Å². The lowest BCUT2D eigenvalue weighted by Crippen LogP contribution is -2.49. The largest absolute Gasteiger partial charge is 0.494 e. The number of carbonyl (C=O) groups is 1. The van der Waals surface area contributed by atoms with E-state index in [9.17, 15) is 9.18 Å². The average molecular weight is 346 g/mol. The zero-order valence-corrected chi connectivity index (χ0v) is 14.1. The first-order valence-electron chi connectivity index (χ1n) is 7.87. The van der Waals surface area contributed by atoms with Crippen molar-refractivity contribution in [1.29, 1.82) is 0 Å². The number of amides is 1. The summed E-state index contributed by atoms with van der Waals surface area (Å²) in [5.41, 5.74) is 1.12. The van der Waals surface area contributed by atoms with Crippen LogP contribution in [-0.4, -0.2) is 61.2 Å². The molecular weight excluding hydrogens is 327 g/mol. The predicted octanol–water partition coefficient (Wildman–Crippen LogP) is 1.60. The van der Waals surface area contributed by atoms with E-state index < -0.39 is 0 Å². The molecule has 3 rings (SSSR count). The van der Waals surface area contributed by atoms with Crippen molar-refractivity contribution in [3.63, 3.8) is 0 Å². The molecule has 0 unspecified atom stereocenters. The maximum absolute atomic E-state index is 13.3. The number of ether oxygens (including phenoxy) is 2. The topological polar surface area (TPSA) is 67.8 Å². The molecule has 0 saturated carbocycles. The van der Waals surface area contributed by atoms with E-state index >= 15 is 0 Å². The number of hydrogen-bond acceptors (Lipinski definition) is 6. The standard InChI is InChI=1S/C17H19FN4O3/c1-24-15-11-12(18)3-4-14(15)21-7-9-22(10-8-21)16(23)13-5-6-19-17(20-13)25-2/h3-6,11H,7-10H2,1-2H3. The van der Waals surface area contributed by atoms with Crippen molar-refractivity contribution in [3.8, 4) is 11.8 Å². The molecule has 2 aromatic rings. The molecule has 1 aliphatic heterocycles. The molecule has 0 radical (unpaired) electrons. The second-order valence-corrected chi connectivity index (χ2v) is 5.52. The molecule has 0 spiro atoms. The highest BCUT2D eigenvalue weighted by molar-refractivity contribution is 5.92. The maximum atomic E-state index is 13.3. The summed E-state index contributed by atoms with van der Waals surface area (Å²) >= 11 is 0. The van der Waals surface area contributed by atoms with Gasteiger partial charge in [-0.15, -0.1) is 0 Å². The van der Waals surface area contributed by atoms with Gasteiger partial charge < -0.3 is 19.3 Å². The van der Waals surface area contributed by atoms with Gasteiger partial charge in [0, 0.05) is 38.4 Å². The third kappa shape index (κ3) is 3.62. The highest BCUT2D eigenvalue weighted by Gasteiger charge is 2.25. The van der Waals surface area contributed by atoms with Crippen molar-refractivity contribution < 1.29 is 18.7 Å². The number of piperazine rings is 1. The van der Waals surface area contributed by atoms with Gasteiger partial charge in [0.1, 0.15) is 17.3 Å². The number of anilines is 1. The minimum Gasteiger partial charge on any atom is -0.494 e. The Balaban J connectivity index is 1.68. The van der Waals surface area contributed by atoms with Crippen molar-refractivity contribution in [1.82, 2.24) is 14.9 Å². The van der Waals surface area contributed by atoms with Gasteiger partial charge in [-0.1, -0.05) is 0 Å². The summed E-state index contributed by atoms with van der Waals surface area (Å²) in [5, 5.41) is 0. The van der Waals surface area contributed by atoms with Gasteiger partial charge in [0.15, 0.2) is 0 Å². The first kappa shape index (κ1) is 16.9. The smallest absolute Gasteiger partial charge is 0.316 e. The predicted molar refractivity (Wildman–Crippen MR) is 89.7 cm³/mol. The lowest BCUT2D eigenvalue weighted by atomic mass is 10.2.